The van der Waals surface area contributed by atoms with Gasteiger partial charge in [-0.05, 0) is 20.0 Å². The number of hydrogen-bond donors (Lipinski definition) is 0. The van der Waals surface area contributed by atoms with Gasteiger partial charge in [-0.2, -0.15) is 0 Å². The Bertz CT molecular complexity index is 112. The summed E-state index contributed by atoms with van der Waals surface area (Å²) in [7, 11) is 2.77. The maximum absolute atomic E-state index is 4.31. The highest BCUT2D eigenvalue weighted by molar-refractivity contribution is 7.35. The molecule has 0 heterocycles. The molecule has 0 aliphatic heterocycles. The van der Waals surface area contributed by atoms with Crippen molar-refractivity contribution in [1.29, 1.82) is 0 Å². The van der Waals surface area contributed by atoms with E-state index in [1.165, 1.54) is 6.42 Å². The molecule has 0 saturated heterocycles. The first-order valence-corrected chi connectivity index (χ1v) is 5.09. The number of amidine groups is 1. The normalized spacial score (nSPS) is 13.0. The SMILES string of the molecule is CCCN(C)C(C)=NPC. The fraction of sp³-hybridized carbons (Fsp3) is 0.857. The van der Waals surface area contributed by atoms with Gasteiger partial charge in [-0.25, -0.2) is 0 Å². The Morgan fingerprint density at radius 1 is 1.60 bits per heavy atom. The van der Waals surface area contributed by atoms with Crippen LogP contribution in [-0.4, -0.2) is 31.0 Å². The minimum absolute atomic E-state index is 0.682. The van der Waals surface area contributed by atoms with E-state index in [1.54, 1.807) is 0 Å². The third kappa shape index (κ3) is 3.84. The van der Waals surface area contributed by atoms with Crippen LogP contribution in [0.4, 0.5) is 0 Å². The molecule has 1 atom stereocenters. The quantitative estimate of drug-likeness (QED) is 0.350. The van der Waals surface area contributed by atoms with Crippen LogP contribution >= 0.6 is 8.73 Å². The largest absolute Gasteiger partial charge is 0.363 e. The summed E-state index contributed by atoms with van der Waals surface area (Å²) in [5.74, 6) is 1.16. The van der Waals surface area contributed by atoms with Crippen LogP contribution in [0.2, 0.25) is 0 Å². The number of nitrogens with zero attached hydrogens (tertiary/aromatic N) is 2. The van der Waals surface area contributed by atoms with Crippen molar-refractivity contribution in [2.75, 3.05) is 20.3 Å². The molecule has 0 aromatic carbocycles. The third-order valence-corrected chi connectivity index (χ3v) is 1.93. The highest BCUT2D eigenvalue weighted by atomic mass is 31.1. The van der Waals surface area contributed by atoms with E-state index in [0.717, 1.165) is 12.4 Å². The summed E-state index contributed by atoms with van der Waals surface area (Å²) < 4.78 is 4.31. The molecule has 0 radical (unpaired) electrons. The second-order valence-corrected chi connectivity index (χ2v) is 2.97. The van der Waals surface area contributed by atoms with Gasteiger partial charge in [0.25, 0.3) is 0 Å². The van der Waals surface area contributed by atoms with Crippen molar-refractivity contribution in [2.45, 2.75) is 20.3 Å². The number of hydrogen-bond acceptors (Lipinski definition) is 1. The average Bonchev–Trinajstić information content (AvgIpc) is 1.89. The Morgan fingerprint density at radius 2 is 2.20 bits per heavy atom. The summed E-state index contributed by atoms with van der Waals surface area (Å²) in [6, 6.07) is 0. The Labute approximate surface area is 65.6 Å². The zero-order valence-electron chi connectivity index (χ0n) is 7.31. The van der Waals surface area contributed by atoms with Crippen LogP contribution in [0.5, 0.6) is 0 Å². The molecule has 0 aliphatic carbocycles. The lowest BCUT2D eigenvalue weighted by Crippen LogP contribution is -2.24. The summed E-state index contributed by atoms with van der Waals surface area (Å²) in [5.41, 5.74) is 0. The molecule has 0 N–H and O–H groups in total. The van der Waals surface area contributed by atoms with E-state index in [9.17, 15) is 0 Å². The monoisotopic (exact) mass is 160 g/mol. The smallest absolute Gasteiger partial charge is 0.0992 e. The van der Waals surface area contributed by atoms with Gasteiger partial charge in [0.05, 0.1) is 5.84 Å². The van der Waals surface area contributed by atoms with Gasteiger partial charge in [0.15, 0.2) is 0 Å². The van der Waals surface area contributed by atoms with E-state index in [2.05, 4.69) is 37.2 Å². The van der Waals surface area contributed by atoms with Gasteiger partial charge in [0, 0.05) is 22.3 Å². The van der Waals surface area contributed by atoms with Gasteiger partial charge in [-0.15, -0.1) is 0 Å². The van der Waals surface area contributed by atoms with Crippen LogP contribution < -0.4 is 0 Å². The summed E-state index contributed by atoms with van der Waals surface area (Å²) in [6.07, 6.45) is 1.19. The lowest BCUT2D eigenvalue weighted by atomic mass is 10.4. The van der Waals surface area contributed by atoms with E-state index in [1.807, 2.05) is 0 Å². The molecule has 1 unspecified atom stereocenters. The maximum Gasteiger partial charge on any atom is 0.0992 e. The fourth-order valence-corrected chi connectivity index (χ4v) is 1.24. The molecule has 2 nitrogen and oxygen atoms in total. The lowest BCUT2D eigenvalue weighted by Gasteiger charge is -2.16. The Morgan fingerprint density at radius 3 is 2.60 bits per heavy atom. The zero-order valence-corrected chi connectivity index (χ0v) is 8.31. The van der Waals surface area contributed by atoms with E-state index in [4.69, 9.17) is 0 Å². The van der Waals surface area contributed by atoms with E-state index >= 15 is 0 Å². The maximum atomic E-state index is 4.31. The Hall–Kier alpha value is -0.100. The first kappa shape index (κ1) is 9.90. The zero-order chi connectivity index (χ0) is 7.98. The van der Waals surface area contributed by atoms with E-state index < -0.39 is 0 Å². The van der Waals surface area contributed by atoms with Crippen molar-refractivity contribution in [3.05, 3.63) is 0 Å². The van der Waals surface area contributed by atoms with Crippen LogP contribution in [0.15, 0.2) is 4.76 Å². The summed E-state index contributed by atoms with van der Waals surface area (Å²) in [5, 5.41) is 0. The molecule has 60 valence electrons. The second kappa shape index (κ2) is 5.67. The van der Waals surface area contributed by atoms with Crippen LogP contribution in [0, 0.1) is 0 Å². The predicted molar refractivity (Wildman–Crippen MR) is 50.3 cm³/mol. The lowest BCUT2D eigenvalue weighted by molar-refractivity contribution is 0.499. The van der Waals surface area contributed by atoms with Crippen molar-refractivity contribution in [3.8, 4) is 0 Å². The average molecular weight is 160 g/mol. The van der Waals surface area contributed by atoms with E-state index in [-0.39, 0.29) is 0 Å². The molecular formula is C7H17N2P. The van der Waals surface area contributed by atoms with Gasteiger partial charge in [0.1, 0.15) is 0 Å². The standard InChI is InChI=1S/C7H17N2P/c1-5-6-9(3)7(2)8-10-4/h10H,5-6H2,1-4H3. The van der Waals surface area contributed by atoms with Gasteiger partial charge < -0.3 is 4.90 Å². The minimum Gasteiger partial charge on any atom is -0.363 e. The molecule has 0 spiro atoms. The first-order chi connectivity index (χ1) is 4.72. The second-order valence-electron chi connectivity index (χ2n) is 2.30. The van der Waals surface area contributed by atoms with Crippen LogP contribution in [0.3, 0.4) is 0 Å². The highest BCUT2D eigenvalue weighted by Crippen LogP contribution is 2.05. The van der Waals surface area contributed by atoms with Crippen molar-refractivity contribution in [1.82, 2.24) is 4.90 Å². The van der Waals surface area contributed by atoms with Gasteiger partial charge >= 0.3 is 0 Å². The summed E-state index contributed by atoms with van der Waals surface area (Å²) in [6.45, 7) is 7.44. The Kier molecular flexibility index (Phi) is 5.61. The molecule has 0 aliphatic rings. The first-order valence-electron chi connectivity index (χ1n) is 3.64. The molecular weight excluding hydrogens is 143 g/mol. The minimum atomic E-state index is 0.682. The van der Waals surface area contributed by atoms with E-state index in [0.29, 0.717) is 8.73 Å². The van der Waals surface area contributed by atoms with Gasteiger partial charge in [0.2, 0.25) is 0 Å². The highest BCUT2D eigenvalue weighted by Gasteiger charge is 1.95. The van der Waals surface area contributed by atoms with Crippen LogP contribution in [0.25, 0.3) is 0 Å². The molecule has 0 bridgehead atoms. The van der Waals surface area contributed by atoms with Crippen molar-refractivity contribution >= 4 is 14.6 Å². The molecule has 0 amide bonds. The van der Waals surface area contributed by atoms with Crippen molar-refractivity contribution in [2.24, 2.45) is 4.76 Å². The Balaban J connectivity index is 3.69. The van der Waals surface area contributed by atoms with Crippen molar-refractivity contribution in [3.63, 3.8) is 0 Å². The third-order valence-electron chi connectivity index (χ3n) is 1.39. The summed E-state index contributed by atoms with van der Waals surface area (Å²) in [4.78, 5) is 2.19. The molecule has 0 aromatic heterocycles. The van der Waals surface area contributed by atoms with Gasteiger partial charge in [-0.3, -0.25) is 4.76 Å². The molecule has 0 fully saturated rings. The number of rotatable bonds is 3. The predicted octanol–water partition coefficient (Wildman–Crippen LogP) is 1.97. The fourth-order valence-electron chi connectivity index (χ4n) is 0.744. The van der Waals surface area contributed by atoms with Crippen molar-refractivity contribution < 1.29 is 0 Å². The molecule has 10 heavy (non-hydrogen) atoms. The topological polar surface area (TPSA) is 15.6 Å². The molecule has 0 rings (SSSR count). The molecule has 0 aromatic rings. The summed E-state index contributed by atoms with van der Waals surface area (Å²) >= 11 is 0. The molecule has 3 heteroatoms. The molecule has 0 saturated carbocycles. The van der Waals surface area contributed by atoms with Crippen LogP contribution in [0.1, 0.15) is 20.3 Å². The van der Waals surface area contributed by atoms with Crippen LogP contribution in [-0.2, 0) is 0 Å². The van der Waals surface area contributed by atoms with Gasteiger partial charge in [-0.1, -0.05) is 6.92 Å².